The van der Waals surface area contributed by atoms with Crippen LogP contribution in [-0.4, -0.2) is 6.54 Å². The van der Waals surface area contributed by atoms with E-state index in [0.29, 0.717) is 6.04 Å². The molecule has 108 valence electrons. The van der Waals surface area contributed by atoms with Gasteiger partial charge in [0.05, 0.1) is 10.4 Å². The van der Waals surface area contributed by atoms with Crippen molar-refractivity contribution in [2.24, 2.45) is 0 Å². The van der Waals surface area contributed by atoms with E-state index < -0.39 is 0 Å². The molecule has 0 aliphatic heterocycles. The Balaban J connectivity index is 1.92. The SMILES string of the molecule is CCCNC(c1cc(C)c(Cl)s1)c1cc2c(s1)CCC2. The lowest BCUT2D eigenvalue weighted by atomic mass is 10.1. The highest BCUT2D eigenvalue weighted by atomic mass is 35.5. The quantitative estimate of drug-likeness (QED) is 0.781. The van der Waals surface area contributed by atoms with Crippen LogP contribution < -0.4 is 5.32 Å². The fraction of sp³-hybridized carbons (Fsp3) is 0.500. The summed E-state index contributed by atoms with van der Waals surface area (Å²) in [6.07, 6.45) is 5.01. The topological polar surface area (TPSA) is 12.0 Å². The van der Waals surface area contributed by atoms with Crippen LogP contribution in [0.1, 0.15) is 51.6 Å². The number of aryl methyl sites for hydroxylation is 3. The van der Waals surface area contributed by atoms with Crippen LogP contribution in [0.25, 0.3) is 0 Å². The highest BCUT2D eigenvalue weighted by Gasteiger charge is 2.22. The standard InChI is InChI=1S/C16H20ClNS2/c1-3-7-18-15(13-8-10(2)16(17)20-13)14-9-11-5-4-6-12(11)19-14/h8-9,15,18H,3-7H2,1-2H3. The van der Waals surface area contributed by atoms with Gasteiger partial charge >= 0.3 is 0 Å². The molecule has 3 rings (SSSR count). The molecular formula is C16H20ClNS2. The molecule has 0 saturated carbocycles. The van der Waals surface area contributed by atoms with Gasteiger partial charge in [-0.3, -0.25) is 0 Å². The molecule has 1 atom stereocenters. The molecule has 0 fully saturated rings. The molecule has 0 saturated heterocycles. The average Bonchev–Trinajstić information content (AvgIpc) is 3.06. The van der Waals surface area contributed by atoms with Crippen molar-refractivity contribution in [2.45, 2.75) is 45.6 Å². The minimum atomic E-state index is 0.321. The number of hydrogen-bond acceptors (Lipinski definition) is 3. The summed E-state index contributed by atoms with van der Waals surface area (Å²) >= 11 is 9.97. The molecule has 2 aromatic heterocycles. The van der Waals surface area contributed by atoms with E-state index in [1.165, 1.54) is 34.6 Å². The predicted molar refractivity (Wildman–Crippen MR) is 90.5 cm³/mol. The Bertz CT molecular complexity index is 559. The van der Waals surface area contributed by atoms with Gasteiger partial charge in [-0.15, -0.1) is 22.7 Å². The minimum absolute atomic E-state index is 0.321. The van der Waals surface area contributed by atoms with Crippen molar-refractivity contribution in [1.29, 1.82) is 0 Å². The van der Waals surface area contributed by atoms with Crippen LogP contribution in [0.2, 0.25) is 4.34 Å². The van der Waals surface area contributed by atoms with Gasteiger partial charge in [0.2, 0.25) is 0 Å². The van der Waals surface area contributed by atoms with Crippen molar-refractivity contribution in [1.82, 2.24) is 5.32 Å². The third-order valence-electron chi connectivity index (χ3n) is 3.81. The smallest absolute Gasteiger partial charge is 0.0961 e. The molecular weight excluding hydrogens is 306 g/mol. The highest BCUT2D eigenvalue weighted by molar-refractivity contribution is 7.17. The van der Waals surface area contributed by atoms with Crippen molar-refractivity contribution in [2.75, 3.05) is 6.54 Å². The number of halogens is 1. The number of nitrogens with one attached hydrogen (secondary N) is 1. The summed E-state index contributed by atoms with van der Waals surface area (Å²) in [5.41, 5.74) is 2.77. The Morgan fingerprint density at radius 3 is 2.70 bits per heavy atom. The zero-order chi connectivity index (χ0) is 14.1. The Morgan fingerprint density at radius 1 is 1.25 bits per heavy atom. The summed E-state index contributed by atoms with van der Waals surface area (Å²) in [6.45, 7) is 5.35. The van der Waals surface area contributed by atoms with Crippen LogP contribution >= 0.6 is 34.3 Å². The second-order valence-electron chi connectivity index (χ2n) is 5.44. The molecule has 0 bridgehead atoms. The second kappa shape index (κ2) is 6.18. The Labute approximate surface area is 134 Å². The molecule has 0 spiro atoms. The van der Waals surface area contributed by atoms with E-state index in [2.05, 4.69) is 31.3 Å². The number of thiophene rings is 2. The van der Waals surface area contributed by atoms with Gasteiger partial charge in [0.15, 0.2) is 0 Å². The largest absolute Gasteiger partial charge is 0.305 e. The van der Waals surface area contributed by atoms with Gasteiger partial charge in [0, 0.05) is 14.6 Å². The molecule has 1 aliphatic rings. The highest BCUT2D eigenvalue weighted by Crippen LogP contribution is 2.39. The molecule has 2 heterocycles. The van der Waals surface area contributed by atoms with Crippen LogP contribution in [0.3, 0.4) is 0 Å². The van der Waals surface area contributed by atoms with Crippen molar-refractivity contribution in [3.05, 3.63) is 42.2 Å². The number of rotatable bonds is 5. The summed E-state index contributed by atoms with van der Waals surface area (Å²) in [6, 6.07) is 4.98. The Morgan fingerprint density at radius 2 is 2.05 bits per heavy atom. The average molecular weight is 326 g/mol. The first-order chi connectivity index (χ1) is 9.69. The first-order valence-electron chi connectivity index (χ1n) is 7.29. The monoisotopic (exact) mass is 325 g/mol. The normalized spacial score (nSPS) is 15.6. The van der Waals surface area contributed by atoms with E-state index in [4.69, 9.17) is 11.6 Å². The van der Waals surface area contributed by atoms with Crippen LogP contribution in [-0.2, 0) is 12.8 Å². The molecule has 20 heavy (non-hydrogen) atoms. The fourth-order valence-electron chi connectivity index (χ4n) is 2.75. The maximum Gasteiger partial charge on any atom is 0.0961 e. The molecule has 0 amide bonds. The molecule has 4 heteroatoms. The number of fused-ring (bicyclic) bond motifs is 1. The lowest BCUT2D eigenvalue weighted by Crippen LogP contribution is -2.21. The van der Waals surface area contributed by atoms with Crippen LogP contribution in [0.4, 0.5) is 0 Å². The van der Waals surface area contributed by atoms with Crippen molar-refractivity contribution < 1.29 is 0 Å². The summed E-state index contributed by atoms with van der Waals surface area (Å²) in [5.74, 6) is 0. The van der Waals surface area contributed by atoms with Crippen LogP contribution in [0, 0.1) is 6.92 Å². The van der Waals surface area contributed by atoms with Gasteiger partial charge in [-0.2, -0.15) is 0 Å². The van der Waals surface area contributed by atoms with Gasteiger partial charge in [0.1, 0.15) is 0 Å². The summed E-state index contributed by atoms with van der Waals surface area (Å²) < 4.78 is 0.924. The van der Waals surface area contributed by atoms with E-state index in [0.717, 1.165) is 17.3 Å². The van der Waals surface area contributed by atoms with E-state index in [1.54, 1.807) is 21.8 Å². The third kappa shape index (κ3) is 2.82. The van der Waals surface area contributed by atoms with E-state index >= 15 is 0 Å². The zero-order valence-corrected chi connectivity index (χ0v) is 14.4. The first-order valence-corrected chi connectivity index (χ1v) is 9.30. The van der Waals surface area contributed by atoms with Gasteiger partial charge in [0.25, 0.3) is 0 Å². The van der Waals surface area contributed by atoms with E-state index in [1.807, 2.05) is 11.3 Å². The predicted octanol–water partition coefficient (Wildman–Crippen LogP) is 5.35. The van der Waals surface area contributed by atoms with Gasteiger partial charge in [-0.1, -0.05) is 18.5 Å². The maximum absolute atomic E-state index is 6.26. The van der Waals surface area contributed by atoms with Gasteiger partial charge in [-0.05, 0) is 62.4 Å². The zero-order valence-electron chi connectivity index (χ0n) is 12.0. The molecule has 1 aliphatic carbocycles. The van der Waals surface area contributed by atoms with Crippen molar-refractivity contribution in [3.8, 4) is 0 Å². The molecule has 1 unspecified atom stereocenters. The van der Waals surface area contributed by atoms with E-state index in [9.17, 15) is 0 Å². The lowest BCUT2D eigenvalue weighted by Gasteiger charge is -2.15. The third-order valence-corrected chi connectivity index (χ3v) is 6.73. The second-order valence-corrected chi connectivity index (χ2v) is 8.30. The minimum Gasteiger partial charge on any atom is -0.305 e. The molecule has 0 radical (unpaired) electrons. The first kappa shape index (κ1) is 14.6. The van der Waals surface area contributed by atoms with E-state index in [-0.39, 0.29) is 0 Å². The van der Waals surface area contributed by atoms with Crippen LogP contribution in [0.15, 0.2) is 12.1 Å². The fourth-order valence-corrected chi connectivity index (χ4v) is 5.49. The Hall–Kier alpha value is -0.350. The Kier molecular flexibility index (Phi) is 4.51. The molecule has 2 aromatic rings. The lowest BCUT2D eigenvalue weighted by molar-refractivity contribution is 0.612. The van der Waals surface area contributed by atoms with Gasteiger partial charge in [-0.25, -0.2) is 0 Å². The maximum atomic E-state index is 6.26. The van der Waals surface area contributed by atoms with Crippen molar-refractivity contribution in [3.63, 3.8) is 0 Å². The molecule has 0 aromatic carbocycles. The summed E-state index contributed by atoms with van der Waals surface area (Å²) in [4.78, 5) is 4.41. The molecule has 1 N–H and O–H groups in total. The van der Waals surface area contributed by atoms with Crippen LogP contribution in [0.5, 0.6) is 0 Å². The van der Waals surface area contributed by atoms with Gasteiger partial charge < -0.3 is 5.32 Å². The molecule has 1 nitrogen and oxygen atoms in total. The summed E-state index contributed by atoms with van der Waals surface area (Å²) in [7, 11) is 0. The summed E-state index contributed by atoms with van der Waals surface area (Å²) in [5, 5.41) is 3.69. The van der Waals surface area contributed by atoms with Crippen molar-refractivity contribution >= 4 is 34.3 Å². The number of hydrogen-bond donors (Lipinski definition) is 1.